The van der Waals surface area contributed by atoms with E-state index in [-0.39, 0.29) is 11.8 Å². The third-order valence-corrected chi connectivity index (χ3v) is 3.63. The number of hydrogen-bond donors (Lipinski definition) is 2. The lowest BCUT2D eigenvalue weighted by Gasteiger charge is -2.13. The minimum Gasteiger partial charge on any atom is -0.355 e. The Labute approximate surface area is 144 Å². The van der Waals surface area contributed by atoms with Crippen LogP contribution in [-0.4, -0.2) is 18.9 Å². The molecular weight excluding hydrogens is 326 g/mol. The Bertz CT molecular complexity index is 802. The van der Waals surface area contributed by atoms with Crippen LogP contribution in [0.25, 0.3) is 6.08 Å². The summed E-state index contributed by atoms with van der Waals surface area (Å²) >= 11 is 0. The molecule has 1 atom stereocenters. The molecular formula is C19H18F2N2O2. The summed E-state index contributed by atoms with van der Waals surface area (Å²) < 4.78 is 26.2. The maximum Gasteiger partial charge on any atom is 0.251 e. The Morgan fingerprint density at radius 1 is 1.04 bits per heavy atom. The maximum atomic E-state index is 13.2. The first-order valence-corrected chi connectivity index (χ1v) is 7.66. The van der Waals surface area contributed by atoms with E-state index in [2.05, 4.69) is 10.6 Å². The highest BCUT2D eigenvalue weighted by Gasteiger charge is 2.10. The van der Waals surface area contributed by atoms with E-state index < -0.39 is 17.7 Å². The molecule has 25 heavy (non-hydrogen) atoms. The van der Waals surface area contributed by atoms with Gasteiger partial charge < -0.3 is 10.6 Å². The molecule has 0 radical (unpaired) electrons. The lowest BCUT2D eigenvalue weighted by Crippen LogP contribution is -2.24. The fraction of sp³-hybridized carbons (Fsp3) is 0.158. The van der Waals surface area contributed by atoms with E-state index in [1.807, 2.05) is 0 Å². The zero-order chi connectivity index (χ0) is 18.4. The molecule has 0 aliphatic rings. The number of nitrogens with one attached hydrogen (secondary N) is 2. The molecule has 0 fully saturated rings. The van der Waals surface area contributed by atoms with Crippen molar-refractivity contribution in [2.45, 2.75) is 13.0 Å². The van der Waals surface area contributed by atoms with Crippen molar-refractivity contribution in [1.82, 2.24) is 10.6 Å². The van der Waals surface area contributed by atoms with Crippen LogP contribution < -0.4 is 10.6 Å². The van der Waals surface area contributed by atoms with E-state index in [1.54, 1.807) is 44.3 Å². The van der Waals surface area contributed by atoms with Crippen LogP contribution in [0.1, 0.15) is 34.5 Å². The number of carbonyl (C=O) groups is 2. The van der Waals surface area contributed by atoms with Crippen molar-refractivity contribution in [1.29, 1.82) is 0 Å². The van der Waals surface area contributed by atoms with E-state index in [9.17, 15) is 18.4 Å². The SMILES string of the molecule is CNC(=O)c1ccc(/C=C/C(=O)NC(C)c2ccc(F)c(F)c2)cc1. The van der Waals surface area contributed by atoms with Crippen molar-refractivity contribution in [2.75, 3.05) is 7.05 Å². The van der Waals surface area contributed by atoms with Crippen LogP contribution in [0.4, 0.5) is 8.78 Å². The molecule has 2 amide bonds. The maximum absolute atomic E-state index is 13.2. The largest absolute Gasteiger partial charge is 0.355 e. The molecule has 0 heterocycles. The Kier molecular flexibility index (Phi) is 6.00. The van der Waals surface area contributed by atoms with Gasteiger partial charge >= 0.3 is 0 Å². The molecule has 0 spiro atoms. The fourth-order valence-corrected chi connectivity index (χ4v) is 2.19. The zero-order valence-corrected chi connectivity index (χ0v) is 13.8. The van der Waals surface area contributed by atoms with Gasteiger partial charge in [-0.2, -0.15) is 0 Å². The number of halogens is 2. The molecule has 1 unspecified atom stereocenters. The minimum absolute atomic E-state index is 0.186. The highest BCUT2D eigenvalue weighted by atomic mass is 19.2. The zero-order valence-electron chi connectivity index (χ0n) is 13.8. The lowest BCUT2D eigenvalue weighted by atomic mass is 10.1. The summed E-state index contributed by atoms with van der Waals surface area (Å²) in [5.41, 5.74) is 1.75. The standard InChI is InChI=1S/C19H18F2N2O2/c1-12(15-8-9-16(20)17(21)11-15)23-18(24)10-5-13-3-6-14(7-4-13)19(25)22-2/h3-12H,1-2H3,(H,22,25)(H,23,24)/b10-5+. The summed E-state index contributed by atoms with van der Waals surface area (Å²) in [6.45, 7) is 1.68. The fourth-order valence-electron chi connectivity index (χ4n) is 2.19. The molecule has 0 aromatic heterocycles. The summed E-state index contributed by atoms with van der Waals surface area (Å²) in [6.07, 6.45) is 2.94. The Hall–Kier alpha value is -3.02. The second-order valence-electron chi connectivity index (χ2n) is 5.44. The van der Waals surface area contributed by atoms with Gasteiger partial charge in [0.05, 0.1) is 6.04 Å². The van der Waals surface area contributed by atoms with E-state index in [1.165, 1.54) is 12.1 Å². The molecule has 0 saturated carbocycles. The highest BCUT2D eigenvalue weighted by Crippen LogP contribution is 2.16. The van der Waals surface area contributed by atoms with Crippen LogP contribution in [0.15, 0.2) is 48.5 Å². The van der Waals surface area contributed by atoms with Crippen molar-refractivity contribution >= 4 is 17.9 Å². The summed E-state index contributed by atoms with van der Waals surface area (Å²) in [4.78, 5) is 23.4. The molecule has 130 valence electrons. The van der Waals surface area contributed by atoms with E-state index in [4.69, 9.17) is 0 Å². The van der Waals surface area contributed by atoms with Crippen LogP contribution >= 0.6 is 0 Å². The predicted octanol–water partition coefficient (Wildman–Crippen LogP) is 3.22. The van der Waals surface area contributed by atoms with Gasteiger partial charge in [0.25, 0.3) is 5.91 Å². The van der Waals surface area contributed by atoms with Crippen molar-refractivity contribution in [3.05, 3.63) is 76.9 Å². The summed E-state index contributed by atoms with van der Waals surface area (Å²) in [7, 11) is 1.55. The van der Waals surface area contributed by atoms with Gasteiger partial charge in [-0.25, -0.2) is 8.78 Å². The molecule has 6 heteroatoms. The number of amides is 2. The van der Waals surface area contributed by atoms with E-state index in [0.717, 1.165) is 17.7 Å². The van der Waals surface area contributed by atoms with Crippen molar-refractivity contribution < 1.29 is 18.4 Å². The van der Waals surface area contributed by atoms with Gasteiger partial charge in [0.15, 0.2) is 11.6 Å². The van der Waals surface area contributed by atoms with Crippen LogP contribution in [0.5, 0.6) is 0 Å². The molecule has 2 aromatic carbocycles. The number of hydrogen-bond acceptors (Lipinski definition) is 2. The molecule has 0 aliphatic carbocycles. The first-order chi connectivity index (χ1) is 11.9. The van der Waals surface area contributed by atoms with Crippen molar-refractivity contribution in [3.8, 4) is 0 Å². The second-order valence-corrected chi connectivity index (χ2v) is 5.44. The normalized spacial score (nSPS) is 12.0. The van der Waals surface area contributed by atoms with Gasteiger partial charge in [-0.05, 0) is 48.4 Å². The van der Waals surface area contributed by atoms with E-state index in [0.29, 0.717) is 11.1 Å². The number of rotatable bonds is 5. The summed E-state index contributed by atoms with van der Waals surface area (Å²) in [5.74, 6) is -2.44. The molecule has 2 N–H and O–H groups in total. The second kappa shape index (κ2) is 8.19. The lowest BCUT2D eigenvalue weighted by molar-refractivity contribution is -0.117. The van der Waals surface area contributed by atoms with Crippen LogP contribution in [0.2, 0.25) is 0 Å². The molecule has 2 rings (SSSR count). The van der Waals surface area contributed by atoms with E-state index >= 15 is 0 Å². The molecule has 0 bridgehead atoms. The summed E-state index contributed by atoms with van der Waals surface area (Å²) in [6, 6.07) is 9.77. The average Bonchev–Trinajstić information content (AvgIpc) is 2.62. The van der Waals surface area contributed by atoms with Gasteiger partial charge in [-0.1, -0.05) is 18.2 Å². The van der Waals surface area contributed by atoms with Gasteiger partial charge in [0, 0.05) is 18.7 Å². The first kappa shape index (κ1) is 18.3. The average molecular weight is 344 g/mol. The Balaban J connectivity index is 1.97. The number of carbonyl (C=O) groups excluding carboxylic acids is 2. The van der Waals surface area contributed by atoms with Gasteiger partial charge in [-0.3, -0.25) is 9.59 Å². The molecule has 0 saturated heterocycles. The molecule has 4 nitrogen and oxygen atoms in total. The Morgan fingerprint density at radius 3 is 2.32 bits per heavy atom. The number of benzene rings is 2. The van der Waals surface area contributed by atoms with Gasteiger partial charge in [-0.15, -0.1) is 0 Å². The summed E-state index contributed by atoms with van der Waals surface area (Å²) in [5, 5.41) is 5.20. The van der Waals surface area contributed by atoms with Crippen molar-refractivity contribution in [3.63, 3.8) is 0 Å². The predicted molar refractivity (Wildman–Crippen MR) is 91.8 cm³/mol. The third-order valence-electron chi connectivity index (χ3n) is 3.63. The quantitative estimate of drug-likeness (QED) is 0.819. The van der Waals surface area contributed by atoms with Crippen LogP contribution in [0, 0.1) is 11.6 Å². The molecule has 0 aliphatic heterocycles. The van der Waals surface area contributed by atoms with Crippen LogP contribution in [0.3, 0.4) is 0 Å². The molecule has 2 aromatic rings. The van der Waals surface area contributed by atoms with Gasteiger partial charge in [0.1, 0.15) is 0 Å². The smallest absolute Gasteiger partial charge is 0.251 e. The minimum atomic E-state index is -0.953. The van der Waals surface area contributed by atoms with Gasteiger partial charge in [0.2, 0.25) is 5.91 Å². The monoisotopic (exact) mass is 344 g/mol. The van der Waals surface area contributed by atoms with Crippen molar-refractivity contribution in [2.24, 2.45) is 0 Å². The third kappa shape index (κ3) is 4.97. The van der Waals surface area contributed by atoms with Crippen LogP contribution in [-0.2, 0) is 4.79 Å². The first-order valence-electron chi connectivity index (χ1n) is 7.66. The highest BCUT2D eigenvalue weighted by molar-refractivity contribution is 5.94. The topological polar surface area (TPSA) is 58.2 Å². The Morgan fingerprint density at radius 2 is 1.72 bits per heavy atom.